The van der Waals surface area contributed by atoms with Crippen LogP contribution in [-0.4, -0.2) is 74.2 Å². The number of fused-ring (bicyclic) bond motifs is 1. The Hall–Kier alpha value is -4.43. The Labute approximate surface area is 257 Å². The molecule has 0 saturated carbocycles. The highest BCUT2D eigenvalue weighted by Gasteiger charge is 2.33. The molecule has 2 aromatic heterocycles. The van der Waals surface area contributed by atoms with Crippen LogP contribution in [0.2, 0.25) is 0 Å². The monoisotopic (exact) mass is 640 g/mol. The van der Waals surface area contributed by atoms with Crippen molar-refractivity contribution in [2.75, 3.05) is 48.2 Å². The average Bonchev–Trinajstić information content (AvgIpc) is 3.68. The zero-order valence-corrected chi connectivity index (χ0v) is 25.1. The van der Waals surface area contributed by atoms with Gasteiger partial charge in [-0.3, -0.25) is 9.52 Å². The average molecular weight is 641 g/mol. The zero-order chi connectivity index (χ0) is 31.9. The summed E-state index contributed by atoms with van der Waals surface area (Å²) in [5, 5.41) is 3.54. The Morgan fingerprint density at radius 3 is 2.51 bits per heavy atom. The highest BCUT2D eigenvalue weighted by atomic mass is 32.2. The van der Waals surface area contributed by atoms with E-state index in [0.717, 1.165) is 65.6 Å². The number of anilines is 3. The first-order chi connectivity index (χ1) is 21.6. The van der Waals surface area contributed by atoms with Gasteiger partial charge in [0.25, 0.3) is 0 Å². The van der Waals surface area contributed by atoms with Gasteiger partial charge in [-0.25, -0.2) is 18.2 Å². The number of piperidine rings is 1. The molecule has 14 heteroatoms. The number of halogens is 3. The van der Waals surface area contributed by atoms with Crippen LogP contribution in [0.15, 0.2) is 48.8 Å². The number of carbonyl (C=O) groups excluding carboxylic acids is 2. The number of hydrogen-bond donors (Lipinski definition) is 3. The predicted octanol–water partition coefficient (Wildman–Crippen LogP) is 4.90. The van der Waals surface area contributed by atoms with Crippen LogP contribution >= 0.6 is 0 Å². The van der Waals surface area contributed by atoms with Gasteiger partial charge >= 0.3 is 10.2 Å². The number of benzene rings is 2. The Bertz CT molecular complexity index is 1890. The Balaban J connectivity index is 1.30. The summed E-state index contributed by atoms with van der Waals surface area (Å²) in [5.41, 5.74) is 1.99. The molecular weight excluding hydrogens is 609 g/mol. The lowest BCUT2D eigenvalue weighted by molar-refractivity contribution is -0.111. The molecule has 4 heterocycles. The van der Waals surface area contributed by atoms with Crippen molar-refractivity contribution >= 4 is 50.4 Å². The third kappa shape index (κ3) is 5.87. The van der Waals surface area contributed by atoms with E-state index in [-0.39, 0.29) is 31.0 Å². The van der Waals surface area contributed by atoms with Crippen molar-refractivity contribution in [3.8, 4) is 11.1 Å². The van der Waals surface area contributed by atoms with E-state index in [9.17, 15) is 26.8 Å². The summed E-state index contributed by atoms with van der Waals surface area (Å²) in [6.07, 6.45) is 4.17. The quantitative estimate of drug-likeness (QED) is 0.176. The van der Waals surface area contributed by atoms with Crippen molar-refractivity contribution in [2.24, 2.45) is 5.92 Å². The van der Waals surface area contributed by atoms with Gasteiger partial charge in [-0.2, -0.15) is 12.7 Å². The van der Waals surface area contributed by atoms with E-state index in [0.29, 0.717) is 16.6 Å². The molecule has 2 aliphatic rings. The molecule has 0 bridgehead atoms. The van der Waals surface area contributed by atoms with E-state index >= 15 is 4.39 Å². The number of aromatic nitrogens is 2. The number of rotatable bonds is 9. The molecule has 2 fully saturated rings. The molecule has 2 aliphatic heterocycles. The van der Waals surface area contributed by atoms with Crippen molar-refractivity contribution in [2.45, 2.75) is 25.4 Å². The van der Waals surface area contributed by atoms with E-state index in [4.69, 9.17) is 0 Å². The smallest absolute Gasteiger partial charge is 0.301 e. The van der Waals surface area contributed by atoms with Crippen LogP contribution in [0, 0.1) is 17.6 Å². The number of alkyl halides is 1. The van der Waals surface area contributed by atoms with Crippen molar-refractivity contribution in [3.63, 3.8) is 0 Å². The lowest BCUT2D eigenvalue weighted by Crippen LogP contribution is -2.34. The fourth-order valence-electron chi connectivity index (χ4n) is 5.90. The van der Waals surface area contributed by atoms with Crippen molar-refractivity contribution < 1.29 is 31.2 Å². The maximum atomic E-state index is 15.6. The molecule has 2 aromatic carbocycles. The largest absolute Gasteiger partial charge is 0.386 e. The SMILES string of the molecule is CNc1cc(-c2cnc3[nH]cc(C(=O)c4c(F)ccc(NS(=O)(=O)N5CCC(F)C5)c4F)c3c2)ccc1N1CCC(C=O)CC1. The van der Waals surface area contributed by atoms with E-state index in [2.05, 4.69) is 20.2 Å². The molecule has 2 saturated heterocycles. The summed E-state index contributed by atoms with van der Waals surface area (Å²) >= 11 is 0. The number of H-pyrrole nitrogens is 1. The Kier molecular flexibility index (Phi) is 8.27. The van der Waals surface area contributed by atoms with Crippen LogP contribution in [0.3, 0.4) is 0 Å². The number of nitrogens with zero attached hydrogens (tertiary/aromatic N) is 3. The summed E-state index contributed by atoms with van der Waals surface area (Å²) in [6.45, 7) is 1.04. The summed E-state index contributed by atoms with van der Waals surface area (Å²) in [7, 11) is -2.53. The standard InChI is InChI=1S/C31H31F3N6O4S/c1-35-26-13-19(2-5-27(26)39-9-6-18(17-41)7-10-39)20-12-22-23(15-37-31(22)36-14-20)30(42)28-24(33)3-4-25(29(28)34)38-45(43,44)40-11-8-21(32)16-40/h2-5,12-15,17-18,21,35,38H,6-11,16H2,1H3,(H,36,37). The number of nitrogens with one attached hydrogen (secondary N) is 3. The number of hydrogen-bond acceptors (Lipinski definition) is 7. The zero-order valence-electron chi connectivity index (χ0n) is 24.3. The molecular formula is C31H31F3N6O4S. The maximum Gasteiger partial charge on any atom is 0.301 e. The molecule has 6 rings (SSSR count). The minimum atomic E-state index is -4.34. The van der Waals surface area contributed by atoms with Gasteiger partial charge in [-0.05, 0) is 55.2 Å². The van der Waals surface area contributed by atoms with Gasteiger partial charge in [0.2, 0.25) is 5.78 Å². The maximum absolute atomic E-state index is 15.6. The first-order valence-electron chi connectivity index (χ1n) is 14.5. The van der Waals surface area contributed by atoms with Crippen LogP contribution in [0.5, 0.6) is 0 Å². The van der Waals surface area contributed by atoms with Crippen molar-refractivity contribution in [1.29, 1.82) is 0 Å². The fourth-order valence-corrected chi connectivity index (χ4v) is 7.17. The van der Waals surface area contributed by atoms with E-state index in [1.165, 1.54) is 6.20 Å². The van der Waals surface area contributed by atoms with Crippen LogP contribution < -0.4 is 14.9 Å². The van der Waals surface area contributed by atoms with Gasteiger partial charge in [-0.1, -0.05) is 6.07 Å². The van der Waals surface area contributed by atoms with Gasteiger partial charge < -0.3 is 20.0 Å². The Morgan fingerprint density at radius 1 is 1.04 bits per heavy atom. The number of aromatic amines is 1. The van der Waals surface area contributed by atoms with E-state index in [1.54, 1.807) is 12.3 Å². The van der Waals surface area contributed by atoms with Crippen molar-refractivity contribution in [3.05, 3.63) is 71.6 Å². The third-order valence-electron chi connectivity index (χ3n) is 8.44. The normalized spacial score (nSPS) is 18.0. The fraction of sp³-hybridized carbons (Fsp3) is 0.323. The van der Waals surface area contributed by atoms with Gasteiger partial charge in [-0.15, -0.1) is 0 Å². The third-order valence-corrected chi connectivity index (χ3v) is 9.93. The van der Waals surface area contributed by atoms with Gasteiger partial charge in [0, 0.05) is 68.1 Å². The van der Waals surface area contributed by atoms with Gasteiger partial charge in [0.15, 0.2) is 5.82 Å². The van der Waals surface area contributed by atoms with Crippen molar-refractivity contribution in [1.82, 2.24) is 14.3 Å². The second-order valence-electron chi connectivity index (χ2n) is 11.2. The second-order valence-corrected chi connectivity index (χ2v) is 12.9. The molecule has 3 N–H and O–H groups in total. The topological polar surface area (TPSA) is 127 Å². The molecule has 10 nitrogen and oxygen atoms in total. The molecule has 0 amide bonds. The van der Waals surface area contributed by atoms with Gasteiger partial charge in [0.1, 0.15) is 23.9 Å². The minimum absolute atomic E-state index is 0.00878. The molecule has 45 heavy (non-hydrogen) atoms. The molecule has 4 aromatic rings. The summed E-state index contributed by atoms with van der Waals surface area (Å²) < 4.78 is 72.4. The lowest BCUT2D eigenvalue weighted by atomic mass is 9.97. The second kappa shape index (κ2) is 12.2. The summed E-state index contributed by atoms with van der Waals surface area (Å²) in [4.78, 5) is 34.3. The summed E-state index contributed by atoms with van der Waals surface area (Å²) in [5.74, 6) is -3.49. The molecule has 1 atom stereocenters. The highest BCUT2D eigenvalue weighted by molar-refractivity contribution is 7.90. The number of ketones is 1. The predicted molar refractivity (Wildman–Crippen MR) is 165 cm³/mol. The molecule has 1 unspecified atom stereocenters. The number of pyridine rings is 1. The number of carbonyl (C=O) groups is 2. The summed E-state index contributed by atoms with van der Waals surface area (Å²) in [6, 6.07) is 9.21. The lowest BCUT2D eigenvalue weighted by Gasteiger charge is -2.33. The molecule has 0 spiro atoms. The number of aldehydes is 1. The van der Waals surface area contributed by atoms with E-state index in [1.807, 2.05) is 30.0 Å². The van der Waals surface area contributed by atoms with Crippen LogP contribution in [0.1, 0.15) is 35.2 Å². The van der Waals surface area contributed by atoms with Crippen LogP contribution in [-0.2, 0) is 15.0 Å². The first-order valence-corrected chi connectivity index (χ1v) is 16.0. The molecule has 0 aliphatic carbocycles. The molecule has 236 valence electrons. The highest BCUT2D eigenvalue weighted by Crippen LogP contribution is 2.35. The Morgan fingerprint density at radius 2 is 1.82 bits per heavy atom. The van der Waals surface area contributed by atoms with Crippen LogP contribution in [0.25, 0.3) is 22.2 Å². The first kappa shape index (κ1) is 30.6. The minimum Gasteiger partial charge on any atom is -0.386 e. The molecule has 0 radical (unpaired) electrons. The van der Waals surface area contributed by atoms with Gasteiger partial charge in [0.05, 0.1) is 22.6 Å². The van der Waals surface area contributed by atoms with Crippen LogP contribution in [0.4, 0.5) is 30.2 Å². The van der Waals surface area contributed by atoms with E-state index < -0.39 is 45.0 Å².